The van der Waals surface area contributed by atoms with Crippen molar-refractivity contribution in [1.82, 2.24) is 15.4 Å². The second-order valence-electron chi connectivity index (χ2n) is 9.34. The van der Waals surface area contributed by atoms with E-state index in [1.54, 1.807) is 29.7 Å². The van der Waals surface area contributed by atoms with Crippen LogP contribution in [0.1, 0.15) is 43.0 Å². The van der Waals surface area contributed by atoms with Crippen LogP contribution >= 0.6 is 23.2 Å². The van der Waals surface area contributed by atoms with Gasteiger partial charge in [0.1, 0.15) is 17.7 Å². The van der Waals surface area contributed by atoms with Gasteiger partial charge < -0.3 is 4.74 Å². The van der Waals surface area contributed by atoms with Gasteiger partial charge in [-0.25, -0.2) is 14.3 Å². The lowest BCUT2D eigenvalue weighted by Gasteiger charge is -2.40. The number of nitrogens with one attached hydrogen (secondary N) is 1. The van der Waals surface area contributed by atoms with Crippen molar-refractivity contribution in [3.63, 3.8) is 0 Å². The summed E-state index contributed by atoms with van der Waals surface area (Å²) in [5.41, 5.74) is 2.26. The molecule has 1 saturated heterocycles. The maximum Gasteiger partial charge on any atom is 0.249 e. The van der Waals surface area contributed by atoms with Crippen LogP contribution in [0.15, 0.2) is 42.6 Å². The fourth-order valence-electron chi connectivity index (χ4n) is 4.84. The van der Waals surface area contributed by atoms with Crippen molar-refractivity contribution in [2.24, 2.45) is 5.41 Å². The monoisotopic (exact) mass is 561 g/mol. The van der Waals surface area contributed by atoms with E-state index in [9.17, 15) is 14.4 Å². The number of hydrogen-bond acceptors (Lipinski definition) is 5. The molecule has 1 amide bonds. The van der Waals surface area contributed by atoms with Crippen molar-refractivity contribution in [3.05, 3.63) is 69.6 Å². The second kappa shape index (κ2) is 12.3. The van der Waals surface area contributed by atoms with Crippen molar-refractivity contribution in [1.29, 1.82) is 0 Å². The number of amides is 1. The first-order valence-electron chi connectivity index (χ1n) is 12.1. The third-order valence-electron chi connectivity index (χ3n) is 7.11. The molecule has 38 heavy (non-hydrogen) atoms. The first-order chi connectivity index (χ1) is 18.3. The SMILES string of the molecule is COc1ccc2ncc(Cl)c([C@H](F)CCC3(C(=O)NO)CCN(CC#Cc4ccc(Cl)c(F)c4)CC3)c2c1. The Morgan fingerprint density at radius 2 is 2.00 bits per heavy atom. The van der Waals surface area contributed by atoms with E-state index in [-0.39, 0.29) is 22.9 Å². The predicted molar refractivity (Wildman–Crippen MR) is 143 cm³/mol. The minimum absolute atomic E-state index is 0.0331. The average molecular weight is 562 g/mol. The Morgan fingerprint density at radius 3 is 2.68 bits per heavy atom. The Kier molecular flexibility index (Phi) is 9.06. The molecule has 2 aromatic carbocycles. The topological polar surface area (TPSA) is 74.7 Å². The normalized spacial score (nSPS) is 15.9. The number of halogens is 4. The minimum Gasteiger partial charge on any atom is -0.497 e. The van der Waals surface area contributed by atoms with Gasteiger partial charge in [0, 0.05) is 35.8 Å². The number of pyridine rings is 1. The molecule has 1 fully saturated rings. The first-order valence-corrected chi connectivity index (χ1v) is 12.9. The number of carbonyl (C=O) groups excluding carboxylic acids is 1. The molecule has 0 aliphatic carbocycles. The number of fused-ring (bicyclic) bond motifs is 1. The number of carbonyl (C=O) groups is 1. The molecule has 0 unspecified atom stereocenters. The number of benzene rings is 2. The van der Waals surface area contributed by atoms with Crippen LogP contribution in [0.5, 0.6) is 5.75 Å². The van der Waals surface area contributed by atoms with Crippen molar-refractivity contribution in [3.8, 4) is 17.6 Å². The molecular formula is C28H27Cl2F2N3O3. The van der Waals surface area contributed by atoms with Crippen LogP contribution in [0.2, 0.25) is 10.0 Å². The van der Waals surface area contributed by atoms with Gasteiger partial charge in [0.25, 0.3) is 0 Å². The highest BCUT2D eigenvalue weighted by molar-refractivity contribution is 6.32. The van der Waals surface area contributed by atoms with Crippen LogP contribution in [-0.4, -0.2) is 47.7 Å². The Balaban J connectivity index is 1.43. The predicted octanol–water partition coefficient (Wildman–Crippen LogP) is 6.12. The van der Waals surface area contributed by atoms with E-state index in [1.807, 2.05) is 0 Å². The van der Waals surface area contributed by atoms with Crippen molar-refractivity contribution < 1.29 is 23.5 Å². The molecule has 0 saturated carbocycles. The van der Waals surface area contributed by atoms with Crippen LogP contribution in [0, 0.1) is 23.1 Å². The number of nitrogens with zero attached hydrogens (tertiary/aromatic N) is 2. The van der Waals surface area contributed by atoms with Crippen LogP contribution in [0.3, 0.4) is 0 Å². The standard InChI is InChI=1S/C28H27Cl2F2N3O3/c1-38-19-5-7-25-20(16-19)26(22(30)17-33-25)23(31)8-9-28(27(36)34-37)10-13-35(14-11-28)12-2-3-18-4-6-21(29)24(32)15-18/h4-7,15-17,23,37H,8-14H2,1H3,(H,34,36)/t23-/m1/s1. The molecule has 10 heteroatoms. The van der Waals surface area contributed by atoms with Crippen LogP contribution < -0.4 is 10.2 Å². The molecule has 3 aromatic rings. The van der Waals surface area contributed by atoms with E-state index in [4.69, 9.17) is 27.9 Å². The largest absolute Gasteiger partial charge is 0.497 e. The summed E-state index contributed by atoms with van der Waals surface area (Å²) in [5, 5.41) is 10.2. The third-order valence-corrected chi connectivity index (χ3v) is 7.72. The summed E-state index contributed by atoms with van der Waals surface area (Å²) in [6, 6.07) is 9.57. The fourth-order valence-corrected chi connectivity index (χ4v) is 5.22. The highest BCUT2D eigenvalue weighted by Crippen LogP contribution is 2.42. The summed E-state index contributed by atoms with van der Waals surface area (Å²) in [4.78, 5) is 19.1. The molecule has 200 valence electrons. The van der Waals surface area contributed by atoms with Gasteiger partial charge >= 0.3 is 0 Å². The zero-order valence-corrected chi connectivity index (χ0v) is 22.3. The molecule has 1 aliphatic heterocycles. The molecule has 2 N–H and O–H groups in total. The van der Waals surface area contributed by atoms with Gasteiger partial charge in [-0.15, -0.1) is 0 Å². The summed E-state index contributed by atoms with van der Waals surface area (Å²) in [7, 11) is 1.53. The second-order valence-corrected chi connectivity index (χ2v) is 10.2. The van der Waals surface area contributed by atoms with E-state index in [1.165, 1.54) is 25.4 Å². The molecule has 6 nitrogen and oxygen atoms in total. The van der Waals surface area contributed by atoms with Crippen molar-refractivity contribution in [2.75, 3.05) is 26.7 Å². The zero-order chi connectivity index (χ0) is 27.3. The lowest BCUT2D eigenvalue weighted by Crippen LogP contribution is -2.48. The summed E-state index contributed by atoms with van der Waals surface area (Å²) >= 11 is 12.1. The number of likely N-dealkylation sites (tertiary alicyclic amines) is 1. The van der Waals surface area contributed by atoms with Gasteiger partial charge in [-0.2, -0.15) is 0 Å². The van der Waals surface area contributed by atoms with Gasteiger partial charge in [0.05, 0.1) is 34.6 Å². The number of rotatable bonds is 7. The summed E-state index contributed by atoms with van der Waals surface area (Å²) in [6.45, 7) is 1.49. The molecule has 2 heterocycles. The average Bonchev–Trinajstić information content (AvgIpc) is 2.93. The van der Waals surface area contributed by atoms with Crippen molar-refractivity contribution in [2.45, 2.75) is 31.9 Å². The minimum atomic E-state index is -1.45. The summed E-state index contributed by atoms with van der Waals surface area (Å²) in [5.74, 6) is 5.44. The maximum atomic E-state index is 15.7. The number of methoxy groups -OCH3 is 1. The molecule has 0 radical (unpaired) electrons. The number of hydroxylamine groups is 1. The molecule has 1 aromatic heterocycles. The summed E-state index contributed by atoms with van der Waals surface area (Å²) < 4.78 is 34.6. The molecule has 1 aliphatic rings. The quantitative estimate of drug-likeness (QED) is 0.206. The zero-order valence-electron chi connectivity index (χ0n) is 20.7. The highest BCUT2D eigenvalue weighted by atomic mass is 35.5. The third kappa shape index (κ3) is 6.19. The highest BCUT2D eigenvalue weighted by Gasteiger charge is 2.41. The Bertz CT molecular complexity index is 1380. The molecule has 0 bridgehead atoms. The van der Waals surface area contributed by atoms with E-state index < -0.39 is 23.3 Å². The first kappa shape index (κ1) is 28.1. The Morgan fingerprint density at radius 1 is 1.24 bits per heavy atom. The van der Waals surface area contributed by atoms with E-state index in [0.717, 1.165) is 0 Å². The number of aromatic nitrogens is 1. The molecule has 4 rings (SSSR count). The van der Waals surface area contributed by atoms with Gasteiger partial charge in [-0.1, -0.05) is 35.0 Å². The fraction of sp³-hybridized carbons (Fsp3) is 0.357. The number of ether oxygens (including phenoxy) is 1. The van der Waals surface area contributed by atoms with Crippen molar-refractivity contribution >= 4 is 40.0 Å². The molecular weight excluding hydrogens is 535 g/mol. The number of piperidine rings is 1. The van der Waals surface area contributed by atoms with E-state index in [0.29, 0.717) is 60.3 Å². The lowest BCUT2D eigenvalue weighted by atomic mass is 9.73. The molecule has 1 atom stereocenters. The number of hydrogen-bond donors (Lipinski definition) is 2. The Labute approximate surface area is 229 Å². The van der Waals surface area contributed by atoms with Gasteiger partial charge in [-0.05, 0) is 62.1 Å². The lowest BCUT2D eigenvalue weighted by molar-refractivity contribution is -0.143. The van der Waals surface area contributed by atoms with Gasteiger partial charge in [-0.3, -0.25) is 19.9 Å². The van der Waals surface area contributed by atoms with Gasteiger partial charge in [0.15, 0.2) is 0 Å². The van der Waals surface area contributed by atoms with Crippen LogP contribution in [0.4, 0.5) is 8.78 Å². The van der Waals surface area contributed by atoms with Crippen LogP contribution in [-0.2, 0) is 4.79 Å². The van der Waals surface area contributed by atoms with E-state index >= 15 is 4.39 Å². The van der Waals surface area contributed by atoms with Crippen LogP contribution in [0.25, 0.3) is 10.9 Å². The van der Waals surface area contributed by atoms with Gasteiger partial charge in [0.2, 0.25) is 5.91 Å². The number of alkyl halides is 1. The Hall–Kier alpha value is -2.96. The smallest absolute Gasteiger partial charge is 0.249 e. The summed E-state index contributed by atoms with van der Waals surface area (Å²) in [6.07, 6.45) is 1.06. The molecule has 0 spiro atoms. The van der Waals surface area contributed by atoms with E-state index in [2.05, 4.69) is 21.7 Å². The maximum absolute atomic E-state index is 15.7.